The van der Waals surface area contributed by atoms with E-state index in [4.69, 9.17) is 22.2 Å². The number of phenolic OH excluding ortho intramolecular Hbond substituents is 2. The van der Waals surface area contributed by atoms with Gasteiger partial charge in [-0.05, 0) is 19.9 Å². The first-order chi connectivity index (χ1) is 23.9. The molecule has 6 rings (SSSR count). The summed E-state index contributed by atoms with van der Waals surface area (Å²) in [7, 11) is 0. The standard InChI is InChI=1S/C29H27ClN8O11S2/c1-28(2,24(44)45)49-35-20(15-9-50-26(31)33-15)18(41)6-12-22(43)36-10-29(25(46)47,51-23(12)36)37-3-4-38(27(37)48)34-21(42)13-8-32-14-7-17(40)16(39)5-11(14)19(13)30/h5,7-9,12,23,39-40H,3-4,6,10H2,1-2H3,(H2,31,33)(H,34,42)(H,44,45)(H,46,47)/b35-20-/t12?,23-,29-/m1/s1. The molecule has 0 spiro atoms. The maximum absolute atomic E-state index is 13.6. The number of phenols is 2. The SMILES string of the molecule is CC(C)(O/N=C(\C(=O)CC1C(=O)N2C[C@@](C(=O)O)(N3CCN(NC(=O)c4cnc5cc(O)c(O)cc5c4Cl)C3=O)S[C@H]12)c1csc(N)n1)C(=O)O. The topological polar surface area (TPSA) is 278 Å². The molecule has 268 valence electrons. The Labute approximate surface area is 299 Å². The molecule has 5 heterocycles. The summed E-state index contributed by atoms with van der Waals surface area (Å²) in [6.07, 6.45) is 0.640. The Morgan fingerprint density at radius 2 is 1.88 bits per heavy atom. The van der Waals surface area contributed by atoms with Gasteiger partial charge in [0, 0.05) is 36.0 Å². The second-order valence-electron chi connectivity index (χ2n) is 12.1. The molecule has 0 radical (unpaired) electrons. The number of aliphatic carboxylic acids is 2. The number of amides is 4. The molecule has 3 aliphatic heterocycles. The lowest BCUT2D eigenvalue weighted by atomic mass is 9.90. The molecule has 1 aromatic carbocycles. The van der Waals surface area contributed by atoms with Crippen molar-refractivity contribution in [3.8, 4) is 11.5 Å². The number of aromatic hydroxyl groups is 2. The molecular weight excluding hydrogens is 736 g/mol. The number of carbonyl (C=O) groups excluding carboxylic acids is 4. The van der Waals surface area contributed by atoms with Gasteiger partial charge in [-0.2, -0.15) is 0 Å². The number of oxime groups is 1. The number of rotatable bonds is 11. The molecule has 4 amide bonds. The number of nitrogens with two attached hydrogens (primary N) is 1. The highest BCUT2D eigenvalue weighted by atomic mass is 35.5. The van der Waals surface area contributed by atoms with Crippen LogP contribution in [0.2, 0.25) is 5.02 Å². The summed E-state index contributed by atoms with van der Waals surface area (Å²) in [5, 5.41) is 44.7. The first kappa shape index (κ1) is 35.4. The molecule has 22 heteroatoms. The molecule has 2 aromatic heterocycles. The number of halogens is 1. The highest BCUT2D eigenvalue weighted by Gasteiger charge is 2.66. The van der Waals surface area contributed by atoms with Crippen LogP contribution in [-0.4, -0.2) is 122 Å². The van der Waals surface area contributed by atoms with Crippen LogP contribution >= 0.6 is 34.7 Å². The second kappa shape index (κ2) is 12.7. The van der Waals surface area contributed by atoms with Gasteiger partial charge in [-0.15, -0.1) is 11.3 Å². The van der Waals surface area contributed by atoms with Gasteiger partial charge in [0.15, 0.2) is 28.1 Å². The van der Waals surface area contributed by atoms with E-state index in [-0.39, 0.29) is 51.1 Å². The highest BCUT2D eigenvalue weighted by Crippen LogP contribution is 2.53. The first-order valence-corrected chi connectivity index (χ1v) is 16.9. The number of hydrogen-bond donors (Lipinski definition) is 6. The van der Waals surface area contributed by atoms with E-state index in [1.807, 2.05) is 0 Å². The molecule has 3 atom stereocenters. The van der Waals surface area contributed by atoms with Gasteiger partial charge in [-0.1, -0.05) is 28.5 Å². The van der Waals surface area contributed by atoms with Gasteiger partial charge in [0.25, 0.3) is 5.91 Å². The minimum atomic E-state index is -1.98. The van der Waals surface area contributed by atoms with Crippen LogP contribution in [0, 0.1) is 5.92 Å². The number of nitrogens with zero attached hydrogens (tertiary/aromatic N) is 6. The van der Waals surface area contributed by atoms with Gasteiger partial charge in [-0.25, -0.2) is 24.4 Å². The molecule has 51 heavy (non-hydrogen) atoms. The van der Waals surface area contributed by atoms with Gasteiger partial charge < -0.3 is 35.9 Å². The molecule has 0 saturated carbocycles. The summed E-state index contributed by atoms with van der Waals surface area (Å²) < 4.78 is 0. The number of thiazole rings is 1. The Balaban J connectivity index is 1.17. The third-order valence-electron chi connectivity index (χ3n) is 8.43. The molecule has 3 aromatic rings. The quantitative estimate of drug-likeness (QED) is 0.0695. The van der Waals surface area contributed by atoms with Crippen molar-refractivity contribution in [2.45, 2.75) is 36.1 Å². The van der Waals surface area contributed by atoms with Crippen molar-refractivity contribution in [2.24, 2.45) is 11.1 Å². The van der Waals surface area contributed by atoms with Gasteiger partial charge in [0.1, 0.15) is 5.69 Å². The minimum absolute atomic E-state index is 0.00530. The molecular formula is C29H27ClN8O11S2. The van der Waals surface area contributed by atoms with Crippen molar-refractivity contribution in [3.05, 3.63) is 40.0 Å². The van der Waals surface area contributed by atoms with E-state index in [0.717, 1.165) is 51.3 Å². The van der Waals surface area contributed by atoms with E-state index < -0.39 is 81.8 Å². The maximum Gasteiger partial charge on any atom is 0.350 e. The maximum atomic E-state index is 13.6. The highest BCUT2D eigenvalue weighted by molar-refractivity contribution is 8.02. The fraction of sp³-hybridized carbons (Fsp3) is 0.345. The summed E-state index contributed by atoms with van der Waals surface area (Å²) in [6, 6.07) is 1.39. The van der Waals surface area contributed by atoms with E-state index in [2.05, 4.69) is 20.5 Å². The van der Waals surface area contributed by atoms with Crippen LogP contribution in [0.25, 0.3) is 10.9 Å². The number of β-lactam (4-membered cyclic amide) rings is 1. The number of nitrogen functional groups attached to an aromatic ring is 1. The van der Waals surface area contributed by atoms with Gasteiger partial charge >= 0.3 is 18.0 Å². The van der Waals surface area contributed by atoms with Crippen LogP contribution in [0.5, 0.6) is 11.5 Å². The number of thioether (sulfide) groups is 1. The largest absolute Gasteiger partial charge is 0.504 e. The number of carbonyl (C=O) groups is 6. The average Bonchev–Trinajstić information content (AvgIpc) is 3.77. The van der Waals surface area contributed by atoms with Crippen molar-refractivity contribution in [1.29, 1.82) is 0 Å². The van der Waals surface area contributed by atoms with Crippen molar-refractivity contribution in [1.82, 2.24) is 30.2 Å². The number of benzene rings is 1. The Hall–Kier alpha value is -5.41. The zero-order chi connectivity index (χ0) is 37.2. The molecule has 0 aliphatic carbocycles. The predicted molar refractivity (Wildman–Crippen MR) is 179 cm³/mol. The lowest BCUT2D eigenvalue weighted by Crippen LogP contribution is -2.60. The summed E-state index contributed by atoms with van der Waals surface area (Å²) >= 11 is 8.17. The fourth-order valence-electron chi connectivity index (χ4n) is 5.58. The van der Waals surface area contributed by atoms with Crippen molar-refractivity contribution in [2.75, 3.05) is 25.4 Å². The van der Waals surface area contributed by atoms with Crippen LogP contribution < -0.4 is 11.2 Å². The summed E-state index contributed by atoms with van der Waals surface area (Å²) in [5.41, 5.74) is 5.91. The first-order valence-electron chi connectivity index (χ1n) is 14.8. The Morgan fingerprint density at radius 1 is 1.18 bits per heavy atom. The number of pyridine rings is 1. The number of ketones is 1. The summed E-state index contributed by atoms with van der Waals surface area (Å²) in [6.45, 7) is 1.71. The normalized spacial score (nSPS) is 21.9. The number of nitrogens with one attached hydrogen (secondary N) is 1. The molecule has 3 fully saturated rings. The Kier molecular flexibility index (Phi) is 8.84. The van der Waals surface area contributed by atoms with Crippen molar-refractivity contribution in [3.63, 3.8) is 0 Å². The number of carboxylic acid groups (broad SMARTS) is 2. The third kappa shape index (κ3) is 6.05. The van der Waals surface area contributed by atoms with Crippen LogP contribution in [0.15, 0.2) is 28.9 Å². The molecule has 3 aliphatic rings. The van der Waals surface area contributed by atoms with E-state index in [0.29, 0.717) is 0 Å². The van der Waals surface area contributed by atoms with Crippen molar-refractivity contribution >= 4 is 92.0 Å². The van der Waals surface area contributed by atoms with Crippen molar-refractivity contribution < 1.29 is 54.0 Å². The number of carboxylic acids is 2. The average molecular weight is 763 g/mol. The summed E-state index contributed by atoms with van der Waals surface area (Å²) in [5.74, 6) is -6.93. The van der Waals surface area contributed by atoms with Crippen LogP contribution in [-0.2, 0) is 24.0 Å². The number of aromatic nitrogens is 2. The number of Topliss-reactive ketones (excluding diaryl/α,β-unsaturated/α-hetero) is 1. The van der Waals surface area contributed by atoms with E-state index in [9.17, 15) is 49.2 Å². The third-order valence-corrected chi connectivity index (χ3v) is 11.2. The van der Waals surface area contributed by atoms with Gasteiger partial charge in [0.2, 0.25) is 16.4 Å². The zero-order valence-electron chi connectivity index (χ0n) is 26.4. The number of fused-ring (bicyclic) bond motifs is 2. The Morgan fingerprint density at radius 3 is 2.53 bits per heavy atom. The monoisotopic (exact) mass is 762 g/mol. The summed E-state index contributed by atoms with van der Waals surface area (Å²) in [4.78, 5) is 91.3. The van der Waals surface area contributed by atoms with Crippen LogP contribution in [0.1, 0.15) is 36.3 Å². The number of hydrogen-bond acceptors (Lipinski definition) is 15. The molecule has 0 bridgehead atoms. The molecule has 1 unspecified atom stereocenters. The van der Waals surface area contributed by atoms with Crippen LogP contribution in [0.3, 0.4) is 0 Å². The molecule has 7 N–H and O–H groups in total. The zero-order valence-corrected chi connectivity index (χ0v) is 28.8. The van der Waals surface area contributed by atoms with Gasteiger partial charge in [-0.3, -0.25) is 29.7 Å². The number of urea groups is 1. The fourth-order valence-corrected chi connectivity index (χ4v) is 8.11. The second-order valence-corrected chi connectivity index (χ2v) is 14.7. The molecule has 19 nitrogen and oxygen atoms in total. The predicted octanol–water partition coefficient (Wildman–Crippen LogP) is 1.28. The lowest BCUT2D eigenvalue weighted by molar-refractivity contribution is -0.161. The van der Waals surface area contributed by atoms with E-state index in [1.165, 1.54) is 24.1 Å². The van der Waals surface area contributed by atoms with E-state index >= 15 is 0 Å². The number of hydrazine groups is 1. The number of anilines is 1. The van der Waals surface area contributed by atoms with Crippen LogP contribution in [0.4, 0.5) is 9.93 Å². The molecule has 3 saturated heterocycles. The minimum Gasteiger partial charge on any atom is -0.504 e. The smallest absolute Gasteiger partial charge is 0.350 e. The van der Waals surface area contributed by atoms with E-state index in [1.54, 1.807) is 0 Å². The van der Waals surface area contributed by atoms with Gasteiger partial charge in [0.05, 0.1) is 40.5 Å². The lowest BCUT2D eigenvalue weighted by Gasteiger charge is -2.40. The Bertz CT molecular complexity index is 2080.